The fourth-order valence-corrected chi connectivity index (χ4v) is 4.83. The van der Waals surface area contributed by atoms with E-state index in [1.54, 1.807) is 47.4 Å². The molecule has 2 aromatic carbocycles. The minimum absolute atomic E-state index is 0.0401. The molecule has 1 atom stereocenters. The third kappa shape index (κ3) is 4.44. The Kier molecular flexibility index (Phi) is 7.05. The Morgan fingerprint density at radius 1 is 1.00 bits per heavy atom. The van der Waals surface area contributed by atoms with Crippen LogP contribution in [0, 0.1) is 0 Å². The van der Waals surface area contributed by atoms with Gasteiger partial charge in [0, 0.05) is 11.6 Å². The minimum atomic E-state index is -0.845. The third-order valence-corrected chi connectivity index (χ3v) is 6.45. The van der Waals surface area contributed by atoms with Gasteiger partial charge < -0.3 is 19.1 Å². The van der Waals surface area contributed by atoms with Crippen molar-refractivity contribution in [3.8, 4) is 17.2 Å². The van der Waals surface area contributed by atoms with Gasteiger partial charge in [-0.25, -0.2) is 4.90 Å². The summed E-state index contributed by atoms with van der Waals surface area (Å²) in [5, 5.41) is 0. The smallest absolute Gasteiger partial charge is 0.257 e. The van der Waals surface area contributed by atoms with Crippen LogP contribution in [0.4, 0.5) is 5.69 Å². The van der Waals surface area contributed by atoms with E-state index in [1.807, 2.05) is 6.92 Å². The number of imide groups is 1. The molecule has 0 spiro atoms. The van der Waals surface area contributed by atoms with Gasteiger partial charge in [-0.15, -0.1) is 0 Å². The van der Waals surface area contributed by atoms with Gasteiger partial charge in [0.1, 0.15) is 11.8 Å². The molecule has 1 aliphatic carbocycles. The molecule has 0 N–H and O–H groups in total. The van der Waals surface area contributed by atoms with Gasteiger partial charge in [0.25, 0.3) is 11.8 Å². The lowest BCUT2D eigenvalue weighted by molar-refractivity contribution is -0.123. The van der Waals surface area contributed by atoms with Gasteiger partial charge in [0.2, 0.25) is 5.91 Å². The summed E-state index contributed by atoms with van der Waals surface area (Å²) in [5.41, 5.74) is 0.871. The Hall–Kier alpha value is -3.55. The molecule has 2 aliphatic rings. The summed E-state index contributed by atoms with van der Waals surface area (Å²) in [5.74, 6) is 0.632. The molecule has 180 valence electrons. The lowest BCUT2D eigenvalue weighted by Gasteiger charge is -2.33. The normalized spacial score (nSPS) is 18.3. The highest BCUT2D eigenvalue weighted by Gasteiger charge is 2.47. The number of hydrogen-bond donors (Lipinski definition) is 0. The van der Waals surface area contributed by atoms with E-state index in [2.05, 4.69) is 0 Å². The SMILES string of the molecule is CCOc1ccc(N2C(=O)CC(N(C(=O)c3ccc(OC)c(OC)c3)C3CCCC3)C2=O)cc1. The van der Waals surface area contributed by atoms with Crippen LogP contribution >= 0.6 is 0 Å². The van der Waals surface area contributed by atoms with Gasteiger partial charge in [-0.05, 0) is 62.2 Å². The van der Waals surface area contributed by atoms with E-state index in [4.69, 9.17) is 14.2 Å². The van der Waals surface area contributed by atoms with E-state index in [-0.39, 0.29) is 30.2 Å². The van der Waals surface area contributed by atoms with Crippen LogP contribution in [0.5, 0.6) is 17.2 Å². The summed E-state index contributed by atoms with van der Waals surface area (Å²) in [6.07, 6.45) is 3.54. The second-order valence-electron chi connectivity index (χ2n) is 8.43. The molecule has 34 heavy (non-hydrogen) atoms. The first-order valence-electron chi connectivity index (χ1n) is 11.6. The van der Waals surface area contributed by atoms with Crippen LogP contribution < -0.4 is 19.1 Å². The van der Waals surface area contributed by atoms with Crippen molar-refractivity contribution in [2.45, 2.75) is 51.1 Å². The van der Waals surface area contributed by atoms with Crippen LogP contribution in [-0.2, 0) is 9.59 Å². The molecule has 2 fully saturated rings. The Labute approximate surface area is 199 Å². The molecular formula is C26H30N2O6. The molecule has 0 aromatic heterocycles. The first kappa shape index (κ1) is 23.6. The summed E-state index contributed by atoms with van der Waals surface area (Å²) < 4.78 is 16.1. The summed E-state index contributed by atoms with van der Waals surface area (Å²) in [7, 11) is 3.04. The van der Waals surface area contributed by atoms with Crippen LogP contribution in [0.15, 0.2) is 42.5 Å². The number of ether oxygens (including phenoxy) is 3. The minimum Gasteiger partial charge on any atom is -0.494 e. The van der Waals surface area contributed by atoms with Crippen molar-refractivity contribution in [2.75, 3.05) is 25.7 Å². The molecule has 1 heterocycles. The topological polar surface area (TPSA) is 85.4 Å². The fraction of sp³-hybridized carbons (Fsp3) is 0.423. The van der Waals surface area contributed by atoms with Crippen LogP contribution in [-0.4, -0.2) is 55.5 Å². The highest BCUT2D eigenvalue weighted by molar-refractivity contribution is 6.23. The van der Waals surface area contributed by atoms with E-state index >= 15 is 0 Å². The first-order valence-corrected chi connectivity index (χ1v) is 11.6. The highest BCUT2D eigenvalue weighted by Crippen LogP contribution is 2.35. The summed E-state index contributed by atoms with van der Waals surface area (Å²) in [4.78, 5) is 43.0. The molecular weight excluding hydrogens is 436 g/mol. The maximum absolute atomic E-state index is 13.7. The maximum atomic E-state index is 13.7. The van der Waals surface area contributed by atoms with E-state index < -0.39 is 6.04 Å². The van der Waals surface area contributed by atoms with Crippen molar-refractivity contribution < 1.29 is 28.6 Å². The van der Waals surface area contributed by atoms with Crippen molar-refractivity contribution >= 4 is 23.4 Å². The zero-order valence-corrected chi connectivity index (χ0v) is 19.8. The van der Waals surface area contributed by atoms with Crippen molar-refractivity contribution in [2.24, 2.45) is 0 Å². The van der Waals surface area contributed by atoms with Gasteiger partial charge >= 0.3 is 0 Å². The predicted molar refractivity (Wildman–Crippen MR) is 126 cm³/mol. The van der Waals surface area contributed by atoms with Crippen molar-refractivity contribution in [1.82, 2.24) is 4.90 Å². The lowest BCUT2D eigenvalue weighted by Crippen LogP contribution is -2.50. The number of hydrogen-bond acceptors (Lipinski definition) is 6. The molecule has 0 radical (unpaired) electrons. The predicted octanol–water partition coefficient (Wildman–Crippen LogP) is 3.82. The standard InChI is InChI=1S/C26H30N2O6/c1-4-34-20-12-10-19(11-13-20)28-24(29)16-21(26(28)31)27(18-7-5-6-8-18)25(30)17-9-14-22(32-2)23(15-17)33-3/h9-15,18,21H,4-8,16H2,1-3H3. The quantitative estimate of drug-likeness (QED) is 0.550. The summed E-state index contributed by atoms with van der Waals surface area (Å²) in [6, 6.07) is 10.9. The fourth-order valence-electron chi connectivity index (χ4n) is 4.83. The number of carbonyl (C=O) groups is 3. The Balaban J connectivity index is 1.64. The molecule has 8 nitrogen and oxygen atoms in total. The average Bonchev–Trinajstić information content (AvgIpc) is 3.48. The number of carbonyl (C=O) groups excluding carboxylic acids is 3. The van der Waals surface area contributed by atoms with E-state index in [1.165, 1.54) is 19.1 Å². The highest BCUT2D eigenvalue weighted by atomic mass is 16.5. The molecule has 4 rings (SSSR count). The maximum Gasteiger partial charge on any atom is 0.257 e. The van der Waals surface area contributed by atoms with Crippen LogP contribution in [0.3, 0.4) is 0 Å². The zero-order chi connectivity index (χ0) is 24.2. The largest absolute Gasteiger partial charge is 0.494 e. The molecule has 1 saturated carbocycles. The van der Waals surface area contributed by atoms with Gasteiger partial charge in [-0.1, -0.05) is 12.8 Å². The van der Waals surface area contributed by atoms with Crippen LogP contribution in [0.25, 0.3) is 0 Å². The molecule has 0 bridgehead atoms. The molecule has 1 unspecified atom stereocenters. The average molecular weight is 467 g/mol. The molecule has 3 amide bonds. The molecule has 1 aliphatic heterocycles. The lowest BCUT2D eigenvalue weighted by atomic mass is 10.1. The van der Waals surface area contributed by atoms with E-state index in [0.29, 0.717) is 35.1 Å². The van der Waals surface area contributed by atoms with Crippen LogP contribution in [0.2, 0.25) is 0 Å². The van der Waals surface area contributed by atoms with Gasteiger partial charge in [0.05, 0.1) is 32.9 Å². The van der Waals surface area contributed by atoms with Crippen molar-refractivity contribution in [3.63, 3.8) is 0 Å². The summed E-state index contributed by atoms with van der Waals surface area (Å²) >= 11 is 0. The number of amides is 3. The van der Waals surface area contributed by atoms with Gasteiger partial charge in [-0.3, -0.25) is 14.4 Å². The second kappa shape index (κ2) is 10.2. The van der Waals surface area contributed by atoms with E-state index in [9.17, 15) is 14.4 Å². The van der Waals surface area contributed by atoms with Crippen molar-refractivity contribution in [3.05, 3.63) is 48.0 Å². The molecule has 1 saturated heterocycles. The van der Waals surface area contributed by atoms with Gasteiger partial charge in [0.15, 0.2) is 11.5 Å². The second-order valence-corrected chi connectivity index (χ2v) is 8.43. The number of methoxy groups -OCH3 is 2. The summed E-state index contributed by atoms with van der Waals surface area (Å²) in [6.45, 7) is 2.41. The number of benzene rings is 2. The van der Waals surface area contributed by atoms with Crippen LogP contribution in [0.1, 0.15) is 49.4 Å². The van der Waals surface area contributed by atoms with Gasteiger partial charge in [-0.2, -0.15) is 0 Å². The number of anilines is 1. The van der Waals surface area contributed by atoms with Crippen molar-refractivity contribution in [1.29, 1.82) is 0 Å². The number of rotatable bonds is 8. The third-order valence-electron chi connectivity index (χ3n) is 6.45. The Morgan fingerprint density at radius 2 is 1.68 bits per heavy atom. The molecule has 8 heteroatoms. The Morgan fingerprint density at radius 3 is 2.29 bits per heavy atom. The monoisotopic (exact) mass is 466 g/mol. The molecule has 2 aromatic rings. The van der Waals surface area contributed by atoms with E-state index in [0.717, 1.165) is 25.7 Å². The zero-order valence-electron chi connectivity index (χ0n) is 19.8. The Bertz CT molecular complexity index is 1060. The first-order chi connectivity index (χ1) is 16.5. The number of nitrogens with zero attached hydrogens (tertiary/aromatic N) is 2.